The predicted molar refractivity (Wildman–Crippen MR) is 106 cm³/mol. The van der Waals surface area contributed by atoms with Crippen molar-refractivity contribution in [2.45, 2.75) is 71.8 Å². The second kappa shape index (κ2) is 10.5. The zero-order valence-corrected chi connectivity index (χ0v) is 16.9. The number of carboxylic acids is 1. The van der Waals surface area contributed by atoms with Crippen LogP contribution in [0.2, 0.25) is 0 Å². The van der Waals surface area contributed by atoms with Gasteiger partial charge in [-0.15, -0.1) is 0 Å². The lowest BCUT2D eigenvalue weighted by Gasteiger charge is -2.41. The fraction of sp³-hybridized carbons (Fsp3) is 0.652. The number of aliphatic carboxylic acids is 1. The largest absolute Gasteiger partial charge is 0.481 e. The first-order valence-corrected chi connectivity index (χ1v) is 10.3. The predicted octanol–water partition coefficient (Wildman–Crippen LogP) is 5.10. The Morgan fingerprint density at radius 3 is 2.44 bits per heavy atom. The van der Waals surface area contributed by atoms with E-state index < -0.39 is 5.97 Å². The second-order valence-corrected chi connectivity index (χ2v) is 8.46. The summed E-state index contributed by atoms with van der Waals surface area (Å²) in [6.07, 6.45) is 4.62. The number of hydrogen-bond donors (Lipinski definition) is 1. The third-order valence-corrected chi connectivity index (χ3v) is 5.89. The molecule has 0 amide bonds. The third kappa shape index (κ3) is 7.00. The summed E-state index contributed by atoms with van der Waals surface area (Å²) < 4.78 is 5.97. The van der Waals surface area contributed by atoms with Gasteiger partial charge >= 0.3 is 11.9 Å². The summed E-state index contributed by atoms with van der Waals surface area (Å²) in [5.41, 5.74) is 1.18. The topological polar surface area (TPSA) is 63.6 Å². The number of carbonyl (C=O) groups excluding carboxylic acids is 1. The Balaban J connectivity index is 2.12. The Kier molecular flexibility index (Phi) is 8.33. The van der Waals surface area contributed by atoms with Gasteiger partial charge in [0.25, 0.3) is 0 Å². The van der Waals surface area contributed by atoms with Gasteiger partial charge in [0.2, 0.25) is 0 Å². The third-order valence-electron chi connectivity index (χ3n) is 5.89. The van der Waals surface area contributed by atoms with Crippen molar-refractivity contribution < 1.29 is 19.4 Å². The molecule has 4 atom stereocenters. The number of carbonyl (C=O) groups is 2. The maximum Gasteiger partial charge on any atom is 0.306 e. The highest BCUT2D eigenvalue weighted by Gasteiger charge is 2.37. The van der Waals surface area contributed by atoms with Crippen molar-refractivity contribution in [2.75, 3.05) is 0 Å². The van der Waals surface area contributed by atoms with Crippen LogP contribution in [0.15, 0.2) is 30.3 Å². The van der Waals surface area contributed by atoms with Crippen molar-refractivity contribution in [2.24, 2.45) is 23.7 Å². The van der Waals surface area contributed by atoms with Gasteiger partial charge in [-0.3, -0.25) is 9.59 Å². The number of rotatable bonds is 9. The lowest BCUT2D eigenvalue weighted by molar-refractivity contribution is -0.155. The number of esters is 1. The van der Waals surface area contributed by atoms with Crippen LogP contribution in [0, 0.1) is 23.7 Å². The van der Waals surface area contributed by atoms with Crippen LogP contribution in [-0.4, -0.2) is 23.1 Å². The average Bonchev–Trinajstić information content (AvgIpc) is 2.61. The van der Waals surface area contributed by atoms with Gasteiger partial charge in [-0.05, 0) is 48.5 Å². The zero-order chi connectivity index (χ0) is 19.8. The van der Waals surface area contributed by atoms with Crippen LogP contribution in [0.3, 0.4) is 0 Å². The van der Waals surface area contributed by atoms with E-state index in [0.717, 1.165) is 12.8 Å². The smallest absolute Gasteiger partial charge is 0.306 e. The van der Waals surface area contributed by atoms with Gasteiger partial charge in [-0.2, -0.15) is 0 Å². The first-order valence-electron chi connectivity index (χ1n) is 10.3. The number of ether oxygens (including phenoxy) is 1. The summed E-state index contributed by atoms with van der Waals surface area (Å²) in [4.78, 5) is 23.1. The summed E-state index contributed by atoms with van der Waals surface area (Å²) in [6, 6.07) is 10.2. The molecule has 1 aliphatic carbocycles. The fourth-order valence-electron chi connectivity index (χ4n) is 4.44. The van der Waals surface area contributed by atoms with Crippen molar-refractivity contribution >= 4 is 11.9 Å². The molecule has 0 aromatic heterocycles. The SMILES string of the molecule is CC1CCC(C(C)C)C(C(Cc2ccccc2)OC(=O)CCCC(=O)O)C1. The highest BCUT2D eigenvalue weighted by molar-refractivity contribution is 5.71. The van der Waals surface area contributed by atoms with Crippen molar-refractivity contribution in [1.82, 2.24) is 0 Å². The lowest BCUT2D eigenvalue weighted by atomic mass is 9.67. The monoisotopic (exact) mass is 374 g/mol. The van der Waals surface area contributed by atoms with Gasteiger partial charge in [-0.25, -0.2) is 0 Å². The minimum atomic E-state index is -0.871. The van der Waals surface area contributed by atoms with Gasteiger partial charge in [0.15, 0.2) is 0 Å². The van der Waals surface area contributed by atoms with E-state index in [0.29, 0.717) is 30.1 Å². The Hall–Kier alpha value is -1.84. The number of carboxylic acid groups (broad SMARTS) is 1. The maximum atomic E-state index is 12.4. The summed E-state index contributed by atoms with van der Waals surface area (Å²) in [7, 11) is 0. The molecule has 1 aliphatic rings. The van der Waals surface area contributed by atoms with Crippen LogP contribution >= 0.6 is 0 Å². The second-order valence-electron chi connectivity index (χ2n) is 8.46. The molecule has 0 radical (unpaired) electrons. The van der Waals surface area contributed by atoms with Gasteiger partial charge in [-0.1, -0.05) is 57.5 Å². The molecule has 0 bridgehead atoms. The first kappa shape index (κ1) is 21.5. The minimum Gasteiger partial charge on any atom is -0.481 e. The summed E-state index contributed by atoms with van der Waals surface area (Å²) in [5.74, 6) is 0.988. The van der Waals surface area contributed by atoms with E-state index >= 15 is 0 Å². The lowest BCUT2D eigenvalue weighted by Crippen LogP contribution is -2.39. The Bertz CT molecular complexity index is 596. The Morgan fingerprint density at radius 1 is 1.11 bits per heavy atom. The van der Waals surface area contributed by atoms with Crippen LogP contribution in [0.25, 0.3) is 0 Å². The molecule has 0 spiro atoms. The Morgan fingerprint density at radius 2 is 1.81 bits per heavy atom. The molecule has 150 valence electrons. The van der Waals surface area contributed by atoms with Gasteiger partial charge in [0.05, 0.1) is 0 Å². The van der Waals surface area contributed by atoms with Crippen LogP contribution in [-0.2, 0) is 20.7 Å². The fourth-order valence-corrected chi connectivity index (χ4v) is 4.44. The molecule has 2 rings (SSSR count). The molecule has 0 heterocycles. The quantitative estimate of drug-likeness (QED) is 0.611. The van der Waals surface area contributed by atoms with Crippen LogP contribution in [0.4, 0.5) is 0 Å². The van der Waals surface area contributed by atoms with E-state index in [2.05, 4.69) is 32.9 Å². The van der Waals surface area contributed by atoms with Crippen LogP contribution in [0.5, 0.6) is 0 Å². The van der Waals surface area contributed by atoms with Crippen LogP contribution in [0.1, 0.15) is 64.9 Å². The van der Waals surface area contributed by atoms with Crippen molar-refractivity contribution in [1.29, 1.82) is 0 Å². The van der Waals surface area contributed by atoms with E-state index in [4.69, 9.17) is 9.84 Å². The van der Waals surface area contributed by atoms with Gasteiger partial charge in [0, 0.05) is 19.3 Å². The molecule has 27 heavy (non-hydrogen) atoms. The molecule has 1 saturated carbocycles. The molecular weight excluding hydrogens is 340 g/mol. The molecule has 1 N–H and O–H groups in total. The molecule has 4 heteroatoms. The highest BCUT2D eigenvalue weighted by Crippen LogP contribution is 2.41. The van der Waals surface area contributed by atoms with E-state index in [1.807, 2.05) is 18.2 Å². The standard InChI is InChI=1S/C23H34O4/c1-16(2)19-13-12-17(3)14-20(19)21(15-18-8-5-4-6-9-18)27-23(26)11-7-10-22(24)25/h4-6,8-9,16-17,19-21H,7,10-15H2,1-3H3,(H,24,25). The number of benzene rings is 1. The molecule has 0 saturated heterocycles. The molecule has 1 fully saturated rings. The molecule has 1 aromatic carbocycles. The molecular formula is C23H34O4. The minimum absolute atomic E-state index is 0.00747. The van der Waals surface area contributed by atoms with Crippen molar-refractivity contribution in [3.8, 4) is 0 Å². The summed E-state index contributed by atoms with van der Waals surface area (Å²) >= 11 is 0. The van der Waals surface area contributed by atoms with E-state index in [1.54, 1.807) is 0 Å². The maximum absolute atomic E-state index is 12.4. The summed E-state index contributed by atoms with van der Waals surface area (Å²) in [6.45, 7) is 6.82. The zero-order valence-electron chi connectivity index (χ0n) is 16.9. The van der Waals surface area contributed by atoms with Gasteiger partial charge < -0.3 is 9.84 Å². The molecule has 0 aliphatic heterocycles. The van der Waals surface area contributed by atoms with Crippen LogP contribution < -0.4 is 0 Å². The summed E-state index contributed by atoms with van der Waals surface area (Å²) in [5, 5.41) is 8.78. The van der Waals surface area contributed by atoms with E-state index in [9.17, 15) is 9.59 Å². The van der Waals surface area contributed by atoms with Crippen molar-refractivity contribution in [3.05, 3.63) is 35.9 Å². The number of hydrogen-bond acceptors (Lipinski definition) is 3. The normalized spacial score (nSPS) is 23.8. The first-order chi connectivity index (χ1) is 12.9. The highest BCUT2D eigenvalue weighted by atomic mass is 16.5. The van der Waals surface area contributed by atoms with E-state index in [-0.39, 0.29) is 24.9 Å². The molecule has 1 aromatic rings. The molecule has 4 unspecified atom stereocenters. The van der Waals surface area contributed by atoms with Gasteiger partial charge in [0.1, 0.15) is 6.10 Å². The van der Waals surface area contributed by atoms with E-state index in [1.165, 1.54) is 18.4 Å². The van der Waals surface area contributed by atoms with Crippen molar-refractivity contribution in [3.63, 3.8) is 0 Å². The Labute approximate surface area is 163 Å². The molecule has 4 nitrogen and oxygen atoms in total. The average molecular weight is 375 g/mol.